The van der Waals surface area contributed by atoms with E-state index in [2.05, 4.69) is 11.8 Å². The summed E-state index contributed by atoms with van der Waals surface area (Å²) < 4.78 is 0. The summed E-state index contributed by atoms with van der Waals surface area (Å²) in [6.45, 7) is 6.04. The Balaban J connectivity index is 1.78. The van der Waals surface area contributed by atoms with Gasteiger partial charge < -0.3 is 10.0 Å². The zero-order valence-corrected chi connectivity index (χ0v) is 10.1. The van der Waals surface area contributed by atoms with Crippen LogP contribution in [0.25, 0.3) is 0 Å². The molecule has 4 nitrogen and oxygen atoms in total. The monoisotopic (exact) mass is 226 g/mol. The van der Waals surface area contributed by atoms with Gasteiger partial charge in [0.15, 0.2) is 0 Å². The number of carbonyl (C=O) groups excluding carboxylic acids is 1. The van der Waals surface area contributed by atoms with Crippen molar-refractivity contribution < 1.29 is 9.90 Å². The number of aliphatic hydroxyl groups is 1. The van der Waals surface area contributed by atoms with Crippen molar-refractivity contribution in [1.29, 1.82) is 0 Å². The third kappa shape index (κ3) is 2.95. The lowest BCUT2D eigenvalue weighted by Crippen LogP contribution is -2.44. The van der Waals surface area contributed by atoms with Crippen molar-refractivity contribution in [3.63, 3.8) is 0 Å². The molecule has 2 fully saturated rings. The van der Waals surface area contributed by atoms with Crippen LogP contribution in [0.4, 0.5) is 0 Å². The zero-order chi connectivity index (χ0) is 11.5. The van der Waals surface area contributed by atoms with Gasteiger partial charge in [-0.05, 0) is 25.2 Å². The first-order valence-corrected chi connectivity index (χ1v) is 6.33. The fourth-order valence-corrected chi connectivity index (χ4v) is 2.66. The molecule has 1 N–H and O–H groups in total. The minimum absolute atomic E-state index is 0.229. The molecule has 4 heteroatoms. The van der Waals surface area contributed by atoms with E-state index in [1.807, 2.05) is 4.90 Å². The minimum Gasteiger partial charge on any atom is -0.392 e. The molecule has 0 bridgehead atoms. The topological polar surface area (TPSA) is 43.8 Å². The number of hydrogen-bond donors (Lipinski definition) is 1. The van der Waals surface area contributed by atoms with E-state index >= 15 is 0 Å². The van der Waals surface area contributed by atoms with Crippen molar-refractivity contribution in [3.8, 4) is 0 Å². The number of β-amino-alcohol motifs (C(OH)–C–C–N with tert-alkyl or cyclic N) is 1. The number of rotatable bonds is 2. The predicted molar refractivity (Wildman–Crippen MR) is 62.0 cm³/mol. The average molecular weight is 226 g/mol. The number of carbonyl (C=O) groups is 1. The molecule has 0 aromatic rings. The maximum absolute atomic E-state index is 12.0. The standard InChI is InChI=1S/C12H22N2O2/c1-10-3-2-5-14(7-10)12(16)9-13-6-4-11(15)8-13/h10-11,15H,2-9H2,1H3/t10-,11-/m0/s1. The second kappa shape index (κ2) is 5.15. The highest BCUT2D eigenvalue weighted by molar-refractivity contribution is 5.78. The van der Waals surface area contributed by atoms with Gasteiger partial charge in [0.1, 0.15) is 0 Å². The quantitative estimate of drug-likeness (QED) is 0.737. The molecule has 2 aliphatic rings. The van der Waals surface area contributed by atoms with E-state index in [9.17, 15) is 9.90 Å². The van der Waals surface area contributed by atoms with Gasteiger partial charge in [0.2, 0.25) is 5.91 Å². The fraction of sp³-hybridized carbons (Fsp3) is 0.917. The Morgan fingerprint density at radius 3 is 2.75 bits per heavy atom. The van der Waals surface area contributed by atoms with Crippen LogP contribution in [0.1, 0.15) is 26.2 Å². The number of aliphatic hydroxyl groups excluding tert-OH is 1. The molecule has 16 heavy (non-hydrogen) atoms. The van der Waals surface area contributed by atoms with Crippen LogP contribution in [-0.4, -0.2) is 59.6 Å². The minimum atomic E-state index is -0.229. The molecule has 0 unspecified atom stereocenters. The van der Waals surface area contributed by atoms with Crippen molar-refractivity contribution in [1.82, 2.24) is 9.80 Å². The van der Waals surface area contributed by atoms with Crippen molar-refractivity contribution in [2.75, 3.05) is 32.7 Å². The van der Waals surface area contributed by atoms with Crippen molar-refractivity contribution in [3.05, 3.63) is 0 Å². The molecule has 2 atom stereocenters. The van der Waals surface area contributed by atoms with E-state index in [1.165, 1.54) is 6.42 Å². The van der Waals surface area contributed by atoms with Crippen LogP contribution in [0.5, 0.6) is 0 Å². The van der Waals surface area contributed by atoms with Crippen molar-refractivity contribution in [2.45, 2.75) is 32.3 Å². The second-order valence-electron chi connectivity index (χ2n) is 5.26. The van der Waals surface area contributed by atoms with Crippen LogP contribution in [0.3, 0.4) is 0 Å². The summed E-state index contributed by atoms with van der Waals surface area (Å²) in [4.78, 5) is 16.1. The lowest BCUT2D eigenvalue weighted by atomic mass is 10.0. The molecule has 92 valence electrons. The Labute approximate surface area is 97.2 Å². The zero-order valence-electron chi connectivity index (χ0n) is 10.1. The summed E-state index contributed by atoms with van der Waals surface area (Å²) in [5.74, 6) is 0.877. The molecular formula is C12H22N2O2. The molecule has 2 rings (SSSR count). The third-order valence-corrected chi connectivity index (χ3v) is 3.62. The molecule has 0 radical (unpaired) electrons. The first-order chi connectivity index (χ1) is 7.65. The van der Waals surface area contributed by atoms with Crippen LogP contribution in [0.2, 0.25) is 0 Å². The van der Waals surface area contributed by atoms with Gasteiger partial charge in [0.05, 0.1) is 12.6 Å². The van der Waals surface area contributed by atoms with Gasteiger partial charge in [-0.1, -0.05) is 6.92 Å². The van der Waals surface area contributed by atoms with Crippen LogP contribution < -0.4 is 0 Å². The largest absolute Gasteiger partial charge is 0.392 e. The van der Waals surface area contributed by atoms with Crippen molar-refractivity contribution >= 4 is 5.91 Å². The molecule has 0 aromatic carbocycles. The average Bonchev–Trinajstić information content (AvgIpc) is 2.64. The smallest absolute Gasteiger partial charge is 0.236 e. The van der Waals surface area contributed by atoms with Gasteiger partial charge in [-0.3, -0.25) is 9.69 Å². The molecular weight excluding hydrogens is 204 g/mol. The van der Waals surface area contributed by atoms with E-state index in [0.29, 0.717) is 19.0 Å². The lowest BCUT2D eigenvalue weighted by molar-refractivity contribution is -0.133. The summed E-state index contributed by atoms with van der Waals surface area (Å²) in [6, 6.07) is 0. The Morgan fingerprint density at radius 1 is 1.31 bits per heavy atom. The van der Waals surface area contributed by atoms with Crippen molar-refractivity contribution in [2.24, 2.45) is 5.92 Å². The van der Waals surface area contributed by atoms with Crippen LogP contribution in [0.15, 0.2) is 0 Å². The predicted octanol–water partition coefficient (Wildman–Crippen LogP) is 0.311. The summed E-state index contributed by atoms with van der Waals surface area (Å²) in [7, 11) is 0. The highest BCUT2D eigenvalue weighted by Gasteiger charge is 2.26. The number of piperidine rings is 1. The molecule has 2 saturated heterocycles. The first kappa shape index (κ1) is 11.9. The van der Waals surface area contributed by atoms with Gasteiger partial charge in [-0.25, -0.2) is 0 Å². The normalized spacial score (nSPS) is 32.0. The van der Waals surface area contributed by atoms with E-state index in [1.54, 1.807) is 0 Å². The highest BCUT2D eigenvalue weighted by atomic mass is 16.3. The van der Waals surface area contributed by atoms with Gasteiger partial charge in [-0.2, -0.15) is 0 Å². The fourth-order valence-electron chi connectivity index (χ4n) is 2.66. The molecule has 0 saturated carbocycles. The molecule has 0 aromatic heterocycles. The summed E-state index contributed by atoms with van der Waals surface area (Å²) in [5.41, 5.74) is 0. The molecule has 1 amide bonds. The second-order valence-corrected chi connectivity index (χ2v) is 5.26. The van der Waals surface area contributed by atoms with Gasteiger partial charge in [-0.15, -0.1) is 0 Å². The number of nitrogens with zero attached hydrogens (tertiary/aromatic N) is 2. The van der Waals surface area contributed by atoms with Crippen LogP contribution in [0, 0.1) is 5.92 Å². The first-order valence-electron chi connectivity index (χ1n) is 6.33. The molecule has 0 aliphatic carbocycles. The number of hydrogen-bond acceptors (Lipinski definition) is 3. The number of likely N-dealkylation sites (tertiary alicyclic amines) is 2. The van der Waals surface area contributed by atoms with E-state index in [0.717, 1.165) is 32.5 Å². The Hall–Kier alpha value is -0.610. The summed E-state index contributed by atoms with van der Waals surface area (Å²) in [5, 5.41) is 9.40. The third-order valence-electron chi connectivity index (χ3n) is 3.62. The van der Waals surface area contributed by atoms with Gasteiger partial charge >= 0.3 is 0 Å². The molecule has 2 aliphatic heterocycles. The lowest BCUT2D eigenvalue weighted by Gasteiger charge is -2.32. The van der Waals surface area contributed by atoms with Crippen LogP contribution >= 0.6 is 0 Å². The Kier molecular flexibility index (Phi) is 3.82. The van der Waals surface area contributed by atoms with Gasteiger partial charge in [0, 0.05) is 26.2 Å². The summed E-state index contributed by atoms with van der Waals surface area (Å²) in [6.07, 6.45) is 2.96. The highest BCUT2D eigenvalue weighted by Crippen LogP contribution is 2.16. The summed E-state index contributed by atoms with van der Waals surface area (Å²) >= 11 is 0. The van der Waals surface area contributed by atoms with Gasteiger partial charge in [0.25, 0.3) is 0 Å². The SMILES string of the molecule is C[C@H]1CCCN(C(=O)CN2CC[C@H](O)C2)C1. The van der Waals surface area contributed by atoms with E-state index in [4.69, 9.17) is 0 Å². The maximum Gasteiger partial charge on any atom is 0.236 e. The van der Waals surface area contributed by atoms with E-state index < -0.39 is 0 Å². The number of amides is 1. The molecule has 0 spiro atoms. The van der Waals surface area contributed by atoms with E-state index in [-0.39, 0.29) is 12.0 Å². The Morgan fingerprint density at radius 2 is 2.12 bits per heavy atom. The maximum atomic E-state index is 12.0. The Bertz CT molecular complexity index is 257. The molecule has 2 heterocycles. The van der Waals surface area contributed by atoms with Crippen LogP contribution in [-0.2, 0) is 4.79 Å².